The fraction of sp³-hybridized carbons (Fsp3) is 0.400. The van der Waals surface area contributed by atoms with Crippen LogP contribution in [0.3, 0.4) is 0 Å². The third kappa shape index (κ3) is 1.42. The Kier molecular flexibility index (Phi) is 2.22. The van der Waals surface area contributed by atoms with Crippen molar-refractivity contribution in [3.05, 3.63) is 30.3 Å². The molecule has 0 spiro atoms. The number of anilines is 1. The van der Waals surface area contributed by atoms with Crippen molar-refractivity contribution >= 4 is 17.3 Å². The lowest BCUT2D eigenvalue weighted by molar-refractivity contribution is 0.452. The van der Waals surface area contributed by atoms with Crippen molar-refractivity contribution < 1.29 is 0 Å². The number of alkyl halides is 1. The van der Waals surface area contributed by atoms with Crippen LogP contribution in [0.2, 0.25) is 0 Å². The van der Waals surface area contributed by atoms with Crippen molar-refractivity contribution in [1.29, 1.82) is 0 Å². The first-order chi connectivity index (χ1) is 5.90. The number of benzene rings is 1. The summed E-state index contributed by atoms with van der Waals surface area (Å²) in [5, 5.41) is 0. The highest BCUT2D eigenvalue weighted by Gasteiger charge is 2.25. The molecule has 1 aliphatic rings. The molecule has 0 aliphatic carbocycles. The first kappa shape index (κ1) is 7.93. The number of hydrogen-bond donors (Lipinski definition) is 0. The van der Waals surface area contributed by atoms with Gasteiger partial charge in [0.2, 0.25) is 0 Å². The highest BCUT2D eigenvalue weighted by Crippen LogP contribution is 2.24. The molecule has 0 aromatic heterocycles. The minimum atomic E-state index is 0.701. The number of nitrogens with zero attached hydrogens (tertiary/aromatic N) is 1. The van der Waals surface area contributed by atoms with Gasteiger partial charge < -0.3 is 4.90 Å². The van der Waals surface area contributed by atoms with Crippen LogP contribution >= 0.6 is 11.6 Å². The zero-order valence-electron chi connectivity index (χ0n) is 6.91. The topological polar surface area (TPSA) is 3.24 Å². The first-order valence-corrected chi connectivity index (χ1v) is 4.79. The molecule has 2 rings (SSSR count). The Balaban J connectivity index is 1.97. The van der Waals surface area contributed by atoms with Crippen LogP contribution < -0.4 is 4.90 Å². The average molecular weight is 182 g/mol. The number of halogens is 1. The molecule has 1 nitrogen and oxygen atoms in total. The van der Waals surface area contributed by atoms with E-state index in [1.807, 2.05) is 6.07 Å². The molecule has 0 atom stereocenters. The maximum Gasteiger partial charge on any atom is 0.0366 e. The fourth-order valence-corrected chi connectivity index (χ4v) is 1.71. The van der Waals surface area contributed by atoms with Gasteiger partial charge in [-0.15, -0.1) is 11.6 Å². The Morgan fingerprint density at radius 2 is 1.92 bits per heavy atom. The summed E-state index contributed by atoms with van der Waals surface area (Å²) >= 11 is 5.73. The Labute approximate surface area is 77.9 Å². The van der Waals surface area contributed by atoms with Crippen LogP contribution in [0.1, 0.15) is 0 Å². The fourth-order valence-electron chi connectivity index (χ4n) is 1.52. The van der Waals surface area contributed by atoms with Gasteiger partial charge in [0.25, 0.3) is 0 Å². The second-order valence-electron chi connectivity index (χ2n) is 3.26. The summed E-state index contributed by atoms with van der Waals surface area (Å²) in [6.45, 7) is 2.24. The number of rotatable bonds is 2. The van der Waals surface area contributed by atoms with E-state index in [1.54, 1.807) is 0 Å². The predicted octanol–water partition coefficient (Wildman–Crippen LogP) is 2.36. The zero-order valence-corrected chi connectivity index (χ0v) is 7.67. The van der Waals surface area contributed by atoms with Crippen LogP contribution in [0.25, 0.3) is 0 Å². The summed E-state index contributed by atoms with van der Waals surface area (Å²) in [7, 11) is 0. The number of hydrogen-bond acceptors (Lipinski definition) is 1. The van der Waals surface area contributed by atoms with Crippen molar-refractivity contribution in [2.75, 3.05) is 23.9 Å². The maximum atomic E-state index is 5.73. The first-order valence-electron chi connectivity index (χ1n) is 4.26. The van der Waals surface area contributed by atoms with E-state index < -0.39 is 0 Å². The summed E-state index contributed by atoms with van der Waals surface area (Å²) in [5.74, 6) is 1.50. The van der Waals surface area contributed by atoms with Gasteiger partial charge >= 0.3 is 0 Å². The van der Waals surface area contributed by atoms with Crippen LogP contribution in [0, 0.1) is 5.92 Å². The van der Waals surface area contributed by atoms with Gasteiger partial charge in [-0.05, 0) is 12.1 Å². The average Bonchev–Trinajstić information content (AvgIpc) is 2.04. The molecule has 1 fully saturated rings. The molecule has 0 saturated carbocycles. The van der Waals surface area contributed by atoms with Crippen LogP contribution in [-0.2, 0) is 0 Å². The normalized spacial score (nSPS) is 17.6. The second-order valence-corrected chi connectivity index (χ2v) is 3.57. The van der Waals surface area contributed by atoms with Gasteiger partial charge in [0.05, 0.1) is 0 Å². The van der Waals surface area contributed by atoms with Gasteiger partial charge in [-0.3, -0.25) is 0 Å². The van der Waals surface area contributed by atoms with Crippen LogP contribution in [0.15, 0.2) is 30.3 Å². The lowest BCUT2D eigenvalue weighted by atomic mass is 10.0. The maximum absolute atomic E-state index is 5.73. The third-order valence-corrected chi connectivity index (χ3v) is 2.73. The lowest BCUT2D eigenvalue weighted by Gasteiger charge is -2.40. The van der Waals surface area contributed by atoms with E-state index in [0.29, 0.717) is 5.92 Å². The predicted molar refractivity (Wildman–Crippen MR) is 52.9 cm³/mol. The molecule has 12 heavy (non-hydrogen) atoms. The molecule has 1 aliphatic heterocycles. The molecule has 0 N–H and O–H groups in total. The molecular weight excluding hydrogens is 170 g/mol. The monoisotopic (exact) mass is 181 g/mol. The van der Waals surface area contributed by atoms with E-state index in [9.17, 15) is 0 Å². The SMILES string of the molecule is ClCC1CN(c2ccccc2)C1. The quantitative estimate of drug-likeness (QED) is 0.634. The van der Waals surface area contributed by atoms with Gasteiger partial charge in [-0.2, -0.15) is 0 Å². The highest BCUT2D eigenvalue weighted by atomic mass is 35.5. The standard InChI is InChI=1S/C10H12ClN/c11-6-9-7-12(8-9)10-4-2-1-3-5-10/h1-5,9H,6-8H2. The van der Waals surface area contributed by atoms with Crippen LogP contribution in [-0.4, -0.2) is 19.0 Å². The van der Waals surface area contributed by atoms with E-state index in [1.165, 1.54) is 5.69 Å². The molecule has 2 heteroatoms. The van der Waals surface area contributed by atoms with E-state index in [2.05, 4.69) is 29.2 Å². The van der Waals surface area contributed by atoms with Crippen molar-refractivity contribution in [1.82, 2.24) is 0 Å². The van der Waals surface area contributed by atoms with Gasteiger partial charge in [0.1, 0.15) is 0 Å². The highest BCUT2D eigenvalue weighted by molar-refractivity contribution is 6.18. The molecule has 0 bridgehead atoms. The molecule has 0 unspecified atom stereocenters. The van der Waals surface area contributed by atoms with E-state index in [4.69, 9.17) is 11.6 Å². The van der Waals surface area contributed by atoms with E-state index >= 15 is 0 Å². The van der Waals surface area contributed by atoms with Crippen LogP contribution in [0.5, 0.6) is 0 Å². The molecule has 1 saturated heterocycles. The number of para-hydroxylation sites is 1. The van der Waals surface area contributed by atoms with Gasteiger partial charge in [0, 0.05) is 30.6 Å². The third-order valence-electron chi connectivity index (χ3n) is 2.30. The Morgan fingerprint density at radius 1 is 1.25 bits per heavy atom. The van der Waals surface area contributed by atoms with Gasteiger partial charge in [0.15, 0.2) is 0 Å². The van der Waals surface area contributed by atoms with E-state index in [-0.39, 0.29) is 0 Å². The van der Waals surface area contributed by atoms with Crippen molar-refractivity contribution in [2.24, 2.45) is 5.92 Å². The molecule has 1 heterocycles. The molecule has 0 amide bonds. The molecule has 1 aromatic rings. The summed E-state index contributed by atoms with van der Waals surface area (Å²) < 4.78 is 0. The molecular formula is C10H12ClN. The second kappa shape index (κ2) is 3.36. The summed E-state index contributed by atoms with van der Waals surface area (Å²) in [4.78, 5) is 2.35. The largest absolute Gasteiger partial charge is 0.371 e. The molecule has 64 valence electrons. The zero-order chi connectivity index (χ0) is 8.39. The summed E-state index contributed by atoms with van der Waals surface area (Å²) in [5.41, 5.74) is 1.32. The Bertz CT molecular complexity index is 241. The lowest BCUT2D eigenvalue weighted by Crippen LogP contribution is -2.47. The minimum absolute atomic E-state index is 0.701. The van der Waals surface area contributed by atoms with Crippen molar-refractivity contribution in [3.63, 3.8) is 0 Å². The van der Waals surface area contributed by atoms with Gasteiger partial charge in [-0.1, -0.05) is 18.2 Å². The smallest absolute Gasteiger partial charge is 0.0366 e. The summed E-state index contributed by atoms with van der Waals surface area (Å²) in [6.07, 6.45) is 0. The molecule has 0 radical (unpaired) electrons. The molecule has 1 aromatic carbocycles. The Hall–Kier alpha value is -0.690. The Morgan fingerprint density at radius 3 is 2.50 bits per heavy atom. The van der Waals surface area contributed by atoms with Crippen LogP contribution in [0.4, 0.5) is 5.69 Å². The van der Waals surface area contributed by atoms with Crippen molar-refractivity contribution in [2.45, 2.75) is 0 Å². The van der Waals surface area contributed by atoms with Gasteiger partial charge in [-0.25, -0.2) is 0 Å². The van der Waals surface area contributed by atoms with E-state index in [0.717, 1.165) is 19.0 Å². The minimum Gasteiger partial charge on any atom is -0.371 e. The van der Waals surface area contributed by atoms with Crippen molar-refractivity contribution in [3.8, 4) is 0 Å². The summed E-state index contributed by atoms with van der Waals surface area (Å²) in [6, 6.07) is 10.5.